The summed E-state index contributed by atoms with van der Waals surface area (Å²) >= 11 is 6.97. The van der Waals surface area contributed by atoms with Gasteiger partial charge in [0.2, 0.25) is 5.91 Å². The first-order valence-corrected chi connectivity index (χ1v) is 8.38. The molecule has 6 nitrogen and oxygen atoms in total. The largest absolute Gasteiger partial charge is 0.369 e. The molecule has 23 heavy (non-hydrogen) atoms. The predicted molar refractivity (Wildman–Crippen MR) is 88.2 cm³/mol. The van der Waals surface area contributed by atoms with Gasteiger partial charge in [0, 0.05) is 29.6 Å². The molecule has 0 saturated carbocycles. The second kappa shape index (κ2) is 6.64. The van der Waals surface area contributed by atoms with E-state index in [9.17, 15) is 9.59 Å². The standard InChI is InChI=1S/C15H15ClN4O2S/c16-11-3-1-9(2-4-11)12-13(23-19-18-12)15(22)20-7-5-10(6-8-20)14(17)21/h1-4,10H,5-8H2,(H2,17,21). The number of carbonyl (C=O) groups is 2. The van der Waals surface area contributed by atoms with Gasteiger partial charge in [0.25, 0.3) is 5.91 Å². The van der Waals surface area contributed by atoms with Crippen molar-refractivity contribution in [3.63, 3.8) is 0 Å². The summed E-state index contributed by atoms with van der Waals surface area (Å²) in [5.41, 5.74) is 6.69. The van der Waals surface area contributed by atoms with Gasteiger partial charge in [-0.2, -0.15) is 0 Å². The van der Waals surface area contributed by atoms with Gasteiger partial charge in [-0.1, -0.05) is 28.2 Å². The first-order chi connectivity index (χ1) is 11.1. The number of aromatic nitrogens is 2. The summed E-state index contributed by atoms with van der Waals surface area (Å²) in [7, 11) is 0. The molecule has 1 aliphatic heterocycles. The number of likely N-dealkylation sites (tertiary alicyclic amines) is 1. The van der Waals surface area contributed by atoms with Crippen LogP contribution in [-0.2, 0) is 4.79 Å². The van der Waals surface area contributed by atoms with Crippen molar-refractivity contribution in [3.05, 3.63) is 34.2 Å². The first-order valence-electron chi connectivity index (χ1n) is 7.23. The molecule has 1 saturated heterocycles. The van der Waals surface area contributed by atoms with Crippen LogP contribution in [0.2, 0.25) is 5.02 Å². The van der Waals surface area contributed by atoms with Crippen molar-refractivity contribution in [2.75, 3.05) is 13.1 Å². The molecule has 1 aromatic carbocycles. The minimum atomic E-state index is -0.293. The summed E-state index contributed by atoms with van der Waals surface area (Å²) < 4.78 is 3.92. The van der Waals surface area contributed by atoms with Crippen LogP contribution in [0.3, 0.4) is 0 Å². The summed E-state index contributed by atoms with van der Waals surface area (Å²) in [5.74, 6) is -0.541. The van der Waals surface area contributed by atoms with Gasteiger partial charge in [-0.3, -0.25) is 9.59 Å². The average Bonchev–Trinajstić information content (AvgIpc) is 3.04. The number of nitrogens with zero attached hydrogens (tertiary/aromatic N) is 3. The molecule has 0 bridgehead atoms. The highest BCUT2D eigenvalue weighted by molar-refractivity contribution is 7.08. The van der Waals surface area contributed by atoms with Gasteiger partial charge in [0.1, 0.15) is 10.6 Å². The quantitative estimate of drug-likeness (QED) is 0.918. The number of halogens is 1. The van der Waals surface area contributed by atoms with Crippen molar-refractivity contribution in [1.29, 1.82) is 0 Å². The Hall–Kier alpha value is -1.99. The third-order valence-electron chi connectivity index (χ3n) is 3.98. The second-order valence-electron chi connectivity index (χ2n) is 5.43. The van der Waals surface area contributed by atoms with Crippen LogP contribution in [0.25, 0.3) is 11.3 Å². The maximum atomic E-state index is 12.7. The van der Waals surface area contributed by atoms with Gasteiger partial charge in [0.15, 0.2) is 0 Å². The Balaban J connectivity index is 1.78. The fraction of sp³-hybridized carbons (Fsp3) is 0.333. The molecule has 0 spiro atoms. The van der Waals surface area contributed by atoms with Gasteiger partial charge >= 0.3 is 0 Å². The second-order valence-corrected chi connectivity index (χ2v) is 6.62. The number of hydrogen-bond acceptors (Lipinski definition) is 5. The first kappa shape index (κ1) is 15.9. The summed E-state index contributed by atoms with van der Waals surface area (Å²) in [6.45, 7) is 1.04. The van der Waals surface area contributed by atoms with Crippen molar-refractivity contribution in [2.45, 2.75) is 12.8 Å². The van der Waals surface area contributed by atoms with E-state index in [1.54, 1.807) is 17.0 Å². The van der Waals surface area contributed by atoms with Crippen LogP contribution in [0.4, 0.5) is 0 Å². The number of carbonyl (C=O) groups excluding carboxylic acids is 2. The smallest absolute Gasteiger partial charge is 0.267 e. The van der Waals surface area contributed by atoms with Crippen molar-refractivity contribution in [1.82, 2.24) is 14.5 Å². The minimum Gasteiger partial charge on any atom is -0.369 e. The van der Waals surface area contributed by atoms with Crippen LogP contribution in [0, 0.1) is 5.92 Å². The summed E-state index contributed by atoms with van der Waals surface area (Å²) in [4.78, 5) is 26.2. The highest BCUT2D eigenvalue weighted by Crippen LogP contribution is 2.28. The summed E-state index contributed by atoms with van der Waals surface area (Å²) in [6.07, 6.45) is 1.20. The molecular weight excluding hydrogens is 336 g/mol. The number of primary amides is 1. The number of hydrogen-bond donors (Lipinski definition) is 1. The lowest BCUT2D eigenvalue weighted by molar-refractivity contribution is -0.123. The van der Waals surface area contributed by atoms with E-state index in [0.29, 0.717) is 41.5 Å². The number of piperidine rings is 1. The van der Waals surface area contributed by atoms with Gasteiger partial charge in [0.05, 0.1) is 0 Å². The van der Waals surface area contributed by atoms with E-state index < -0.39 is 0 Å². The molecule has 1 aliphatic rings. The third-order valence-corrected chi connectivity index (χ3v) is 4.95. The molecule has 3 rings (SSSR count). The lowest BCUT2D eigenvalue weighted by Crippen LogP contribution is -2.41. The van der Waals surface area contributed by atoms with E-state index in [0.717, 1.165) is 17.1 Å². The third kappa shape index (κ3) is 3.35. The normalized spacial score (nSPS) is 15.6. The number of rotatable bonds is 3. The van der Waals surface area contributed by atoms with Crippen molar-refractivity contribution < 1.29 is 9.59 Å². The molecule has 1 aromatic heterocycles. The van der Waals surface area contributed by atoms with Crippen molar-refractivity contribution in [3.8, 4) is 11.3 Å². The molecule has 2 heterocycles. The predicted octanol–water partition coefficient (Wildman–Crippen LogP) is 2.20. The Morgan fingerprint density at radius 2 is 1.87 bits per heavy atom. The van der Waals surface area contributed by atoms with E-state index in [1.807, 2.05) is 12.1 Å². The Morgan fingerprint density at radius 1 is 1.22 bits per heavy atom. The van der Waals surface area contributed by atoms with E-state index in [4.69, 9.17) is 17.3 Å². The maximum absolute atomic E-state index is 12.7. The monoisotopic (exact) mass is 350 g/mol. The highest BCUT2D eigenvalue weighted by Gasteiger charge is 2.29. The molecule has 2 N–H and O–H groups in total. The Bertz CT molecular complexity index is 723. The van der Waals surface area contributed by atoms with Crippen LogP contribution < -0.4 is 5.73 Å². The number of amides is 2. The Morgan fingerprint density at radius 3 is 2.48 bits per heavy atom. The topological polar surface area (TPSA) is 89.2 Å². The van der Waals surface area contributed by atoms with Crippen molar-refractivity contribution >= 4 is 34.9 Å². The Kier molecular flexibility index (Phi) is 4.58. The average molecular weight is 351 g/mol. The van der Waals surface area contributed by atoms with E-state index in [2.05, 4.69) is 9.59 Å². The number of nitrogens with two attached hydrogens (primary N) is 1. The molecule has 8 heteroatoms. The van der Waals surface area contributed by atoms with Gasteiger partial charge in [-0.05, 0) is 36.5 Å². The zero-order chi connectivity index (χ0) is 16.4. The molecular formula is C15H15ClN4O2S. The van der Waals surface area contributed by atoms with Gasteiger partial charge in [-0.15, -0.1) is 5.10 Å². The Labute approximate surface area is 142 Å². The fourth-order valence-electron chi connectivity index (χ4n) is 2.64. The van der Waals surface area contributed by atoms with Gasteiger partial charge in [-0.25, -0.2) is 0 Å². The van der Waals surface area contributed by atoms with E-state index in [-0.39, 0.29) is 17.7 Å². The van der Waals surface area contributed by atoms with Crippen molar-refractivity contribution in [2.24, 2.45) is 11.7 Å². The van der Waals surface area contributed by atoms with Crippen LogP contribution >= 0.6 is 23.1 Å². The summed E-state index contributed by atoms with van der Waals surface area (Å²) in [5, 5.41) is 4.70. The molecule has 120 valence electrons. The molecule has 1 fully saturated rings. The molecule has 0 radical (unpaired) electrons. The highest BCUT2D eigenvalue weighted by atomic mass is 35.5. The molecule has 2 amide bonds. The lowest BCUT2D eigenvalue weighted by atomic mass is 9.96. The molecule has 0 aliphatic carbocycles. The molecule has 0 unspecified atom stereocenters. The minimum absolute atomic E-state index is 0.104. The van der Waals surface area contributed by atoms with E-state index >= 15 is 0 Å². The van der Waals surface area contributed by atoms with Crippen LogP contribution in [-0.4, -0.2) is 39.4 Å². The molecule has 2 aromatic rings. The van der Waals surface area contributed by atoms with Crippen LogP contribution in [0.15, 0.2) is 24.3 Å². The SMILES string of the molecule is NC(=O)C1CCN(C(=O)c2snnc2-c2ccc(Cl)cc2)CC1. The van der Waals surface area contributed by atoms with E-state index in [1.165, 1.54) is 0 Å². The lowest BCUT2D eigenvalue weighted by Gasteiger charge is -2.30. The zero-order valence-corrected chi connectivity index (χ0v) is 13.8. The fourth-order valence-corrected chi connectivity index (χ4v) is 3.42. The van der Waals surface area contributed by atoms with Crippen LogP contribution in [0.1, 0.15) is 22.5 Å². The number of benzene rings is 1. The summed E-state index contributed by atoms with van der Waals surface area (Å²) in [6, 6.07) is 7.13. The van der Waals surface area contributed by atoms with Gasteiger partial charge < -0.3 is 10.6 Å². The molecule has 0 atom stereocenters. The van der Waals surface area contributed by atoms with Crippen LogP contribution in [0.5, 0.6) is 0 Å². The maximum Gasteiger partial charge on any atom is 0.267 e. The zero-order valence-electron chi connectivity index (χ0n) is 12.2.